The molecule has 2 nitrogen and oxygen atoms in total. The van der Waals surface area contributed by atoms with Gasteiger partial charge in [-0.15, -0.1) is 0 Å². The number of piperidine rings is 1. The van der Waals surface area contributed by atoms with Gasteiger partial charge in [-0.1, -0.05) is 29.7 Å². The highest BCUT2D eigenvalue weighted by Gasteiger charge is 2.12. The molecule has 1 fully saturated rings. The van der Waals surface area contributed by atoms with Gasteiger partial charge in [0.2, 0.25) is 0 Å². The lowest BCUT2D eigenvalue weighted by Gasteiger charge is -2.23. The number of ether oxygens (including phenoxy) is 1. The lowest BCUT2D eigenvalue weighted by Crippen LogP contribution is -2.32. The van der Waals surface area contributed by atoms with Crippen LogP contribution in [0.5, 0.6) is 0 Å². The van der Waals surface area contributed by atoms with Crippen LogP contribution in [0.25, 0.3) is 0 Å². The van der Waals surface area contributed by atoms with Crippen LogP contribution in [0.2, 0.25) is 0 Å². The molecule has 0 atom stereocenters. The molecule has 3 heteroatoms. The fourth-order valence-electron chi connectivity index (χ4n) is 1.86. The van der Waals surface area contributed by atoms with Gasteiger partial charge in [-0.05, 0) is 31.5 Å². The van der Waals surface area contributed by atoms with E-state index in [1.54, 1.807) is 0 Å². The average molecular weight is 201 g/mol. The van der Waals surface area contributed by atoms with Gasteiger partial charge in [0.25, 0.3) is 0 Å². The smallest absolute Gasteiger partial charge is 0.113 e. The van der Waals surface area contributed by atoms with Crippen molar-refractivity contribution < 1.29 is 4.74 Å². The maximum absolute atomic E-state index is 5.83. The van der Waals surface area contributed by atoms with E-state index in [4.69, 9.17) is 12.6 Å². The van der Waals surface area contributed by atoms with Gasteiger partial charge in [0.1, 0.15) is 7.85 Å². The molecule has 1 heterocycles. The molecule has 78 valence electrons. The molecule has 1 aliphatic rings. The number of hydrogen-bond acceptors (Lipinski definition) is 2. The summed E-state index contributed by atoms with van der Waals surface area (Å²) in [5, 5.41) is 3.32. The normalized spacial score (nSPS) is 17.9. The minimum absolute atomic E-state index is 0.410. The van der Waals surface area contributed by atoms with Crippen molar-refractivity contribution in [1.29, 1.82) is 0 Å². The van der Waals surface area contributed by atoms with Crippen molar-refractivity contribution in [2.75, 3.05) is 13.1 Å². The first-order valence-electron chi connectivity index (χ1n) is 5.51. The van der Waals surface area contributed by atoms with E-state index in [-0.39, 0.29) is 0 Å². The van der Waals surface area contributed by atoms with Crippen molar-refractivity contribution in [3.05, 3.63) is 29.8 Å². The highest BCUT2D eigenvalue weighted by Crippen LogP contribution is 2.10. The van der Waals surface area contributed by atoms with Gasteiger partial charge in [-0.25, -0.2) is 0 Å². The average Bonchev–Trinajstić information content (AvgIpc) is 2.28. The number of nitrogens with one attached hydrogen (secondary N) is 1. The molecular formula is C12H16BNO. The topological polar surface area (TPSA) is 21.3 Å². The van der Waals surface area contributed by atoms with Gasteiger partial charge in [-0.2, -0.15) is 0 Å². The highest BCUT2D eigenvalue weighted by atomic mass is 16.5. The first-order valence-corrected chi connectivity index (χ1v) is 5.51. The van der Waals surface area contributed by atoms with Crippen molar-refractivity contribution in [3.8, 4) is 0 Å². The Morgan fingerprint density at radius 3 is 2.87 bits per heavy atom. The molecule has 0 unspecified atom stereocenters. The van der Waals surface area contributed by atoms with E-state index in [1.165, 1.54) is 0 Å². The zero-order chi connectivity index (χ0) is 10.5. The van der Waals surface area contributed by atoms with Crippen LogP contribution in [0, 0.1) is 0 Å². The second-order valence-electron chi connectivity index (χ2n) is 4.01. The third kappa shape index (κ3) is 3.36. The Labute approximate surface area is 92.4 Å². The van der Waals surface area contributed by atoms with Crippen LogP contribution in [-0.4, -0.2) is 27.0 Å². The largest absolute Gasteiger partial charge is 0.373 e. The van der Waals surface area contributed by atoms with Crippen molar-refractivity contribution in [1.82, 2.24) is 5.32 Å². The van der Waals surface area contributed by atoms with Gasteiger partial charge in [0.15, 0.2) is 0 Å². The highest BCUT2D eigenvalue weighted by molar-refractivity contribution is 6.32. The number of hydrogen-bond donors (Lipinski definition) is 1. The first-order chi connectivity index (χ1) is 7.34. The molecule has 2 radical (unpaired) electrons. The Hall–Kier alpha value is -0.795. The van der Waals surface area contributed by atoms with Crippen LogP contribution in [0.1, 0.15) is 18.4 Å². The van der Waals surface area contributed by atoms with Crippen LogP contribution < -0.4 is 10.8 Å². The molecule has 1 N–H and O–H groups in total. The Morgan fingerprint density at radius 1 is 1.33 bits per heavy atom. The Kier molecular flexibility index (Phi) is 3.81. The van der Waals surface area contributed by atoms with Crippen LogP contribution >= 0.6 is 0 Å². The van der Waals surface area contributed by atoms with E-state index in [0.717, 1.165) is 37.0 Å². The van der Waals surface area contributed by atoms with Crippen LogP contribution in [-0.2, 0) is 11.3 Å². The molecule has 0 aliphatic carbocycles. The monoisotopic (exact) mass is 201 g/mol. The first kappa shape index (κ1) is 10.7. The maximum Gasteiger partial charge on any atom is 0.113 e. The predicted molar refractivity (Wildman–Crippen MR) is 62.5 cm³/mol. The molecule has 15 heavy (non-hydrogen) atoms. The van der Waals surface area contributed by atoms with E-state index in [2.05, 4.69) is 11.4 Å². The zero-order valence-corrected chi connectivity index (χ0v) is 8.91. The summed E-state index contributed by atoms with van der Waals surface area (Å²) in [6.07, 6.45) is 2.64. The maximum atomic E-state index is 5.83. The second-order valence-corrected chi connectivity index (χ2v) is 4.01. The summed E-state index contributed by atoms with van der Waals surface area (Å²) in [6.45, 7) is 2.82. The second kappa shape index (κ2) is 5.33. The standard InChI is InChI=1S/C12H16BNO/c13-11-3-1-2-10(8-11)9-15-12-4-6-14-7-5-12/h1-3,8,12,14H,4-7,9H2. The van der Waals surface area contributed by atoms with Crippen molar-refractivity contribution in [2.45, 2.75) is 25.6 Å². The molecule has 1 aromatic carbocycles. The fourth-order valence-corrected chi connectivity index (χ4v) is 1.86. The molecular weight excluding hydrogens is 185 g/mol. The zero-order valence-electron chi connectivity index (χ0n) is 8.91. The molecule has 0 aromatic heterocycles. The van der Waals surface area contributed by atoms with Gasteiger partial charge < -0.3 is 10.1 Å². The fraction of sp³-hybridized carbons (Fsp3) is 0.500. The van der Waals surface area contributed by atoms with Crippen molar-refractivity contribution in [2.24, 2.45) is 0 Å². The summed E-state index contributed by atoms with van der Waals surface area (Å²) >= 11 is 0. The molecule has 0 amide bonds. The van der Waals surface area contributed by atoms with Crippen molar-refractivity contribution >= 4 is 13.3 Å². The quantitative estimate of drug-likeness (QED) is 0.728. The van der Waals surface area contributed by atoms with Gasteiger partial charge >= 0.3 is 0 Å². The van der Waals surface area contributed by atoms with E-state index in [0.29, 0.717) is 12.7 Å². The van der Waals surface area contributed by atoms with Gasteiger partial charge in [-0.3, -0.25) is 0 Å². The summed E-state index contributed by atoms with van der Waals surface area (Å²) in [7, 11) is 5.70. The third-order valence-corrected chi connectivity index (χ3v) is 2.72. The third-order valence-electron chi connectivity index (χ3n) is 2.72. The minimum atomic E-state index is 0.410. The minimum Gasteiger partial charge on any atom is -0.373 e. The summed E-state index contributed by atoms with van der Waals surface area (Å²) in [5.41, 5.74) is 1.97. The molecule has 1 saturated heterocycles. The van der Waals surface area contributed by atoms with Gasteiger partial charge in [0.05, 0.1) is 12.7 Å². The molecule has 1 aliphatic heterocycles. The Balaban J connectivity index is 1.81. The van der Waals surface area contributed by atoms with Crippen LogP contribution in [0.3, 0.4) is 0 Å². The summed E-state index contributed by atoms with van der Waals surface area (Å²) in [5.74, 6) is 0. The molecule has 0 saturated carbocycles. The number of benzene rings is 1. The van der Waals surface area contributed by atoms with Gasteiger partial charge in [0, 0.05) is 0 Å². The molecule has 2 rings (SSSR count). The predicted octanol–water partition coefficient (Wildman–Crippen LogP) is 0.749. The Morgan fingerprint density at radius 2 is 2.13 bits per heavy atom. The molecule has 0 bridgehead atoms. The lowest BCUT2D eigenvalue weighted by molar-refractivity contribution is 0.0212. The van der Waals surface area contributed by atoms with Crippen molar-refractivity contribution in [3.63, 3.8) is 0 Å². The lowest BCUT2D eigenvalue weighted by atomic mass is 9.95. The summed E-state index contributed by atoms with van der Waals surface area (Å²) < 4.78 is 5.83. The van der Waals surface area contributed by atoms with E-state index >= 15 is 0 Å². The molecule has 0 spiro atoms. The summed E-state index contributed by atoms with van der Waals surface area (Å²) in [6, 6.07) is 7.89. The molecule has 1 aromatic rings. The van der Waals surface area contributed by atoms with E-state index < -0.39 is 0 Å². The SMILES string of the molecule is [B]c1cccc(COC2CCNCC2)c1. The van der Waals surface area contributed by atoms with E-state index in [9.17, 15) is 0 Å². The number of rotatable bonds is 3. The van der Waals surface area contributed by atoms with Crippen LogP contribution in [0.15, 0.2) is 24.3 Å². The Bertz CT molecular complexity index is 310. The van der Waals surface area contributed by atoms with E-state index in [1.807, 2.05) is 18.2 Å². The summed E-state index contributed by atoms with van der Waals surface area (Å²) in [4.78, 5) is 0. The van der Waals surface area contributed by atoms with Crippen LogP contribution in [0.4, 0.5) is 0 Å².